The summed E-state index contributed by atoms with van der Waals surface area (Å²) < 4.78 is 40.5. The molecule has 0 aliphatic carbocycles. The summed E-state index contributed by atoms with van der Waals surface area (Å²) in [6.45, 7) is 0.288. The average Bonchev–Trinajstić information content (AvgIpc) is 2.61. The van der Waals surface area contributed by atoms with Crippen LogP contribution in [0, 0.1) is 5.82 Å². The van der Waals surface area contributed by atoms with Gasteiger partial charge in [-0.3, -0.25) is 9.36 Å². The summed E-state index contributed by atoms with van der Waals surface area (Å²) in [5.74, 6) is -1.15. The van der Waals surface area contributed by atoms with Crippen molar-refractivity contribution in [1.82, 2.24) is 13.9 Å². The van der Waals surface area contributed by atoms with E-state index in [1.807, 2.05) is 0 Å². The maximum atomic E-state index is 14.7. The lowest BCUT2D eigenvalue weighted by Gasteiger charge is -2.36. The number of aromatic nitrogens is 2. The number of nitrogens with zero attached hydrogens (tertiary/aromatic N) is 4. The van der Waals surface area contributed by atoms with Gasteiger partial charge in [-0.25, -0.2) is 22.6 Å². The minimum atomic E-state index is -3.55. The van der Waals surface area contributed by atoms with Crippen LogP contribution in [-0.2, 0) is 14.8 Å². The van der Waals surface area contributed by atoms with E-state index in [0.717, 1.165) is 16.6 Å². The number of rotatable bonds is 4. The van der Waals surface area contributed by atoms with Crippen molar-refractivity contribution in [1.29, 1.82) is 0 Å². The Bertz CT molecular complexity index is 1040. The topological polar surface area (TPSA) is 92.6 Å². The predicted molar refractivity (Wildman–Crippen MR) is 97.8 cm³/mol. The van der Waals surface area contributed by atoms with E-state index >= 15 is 0 Å². The Labute approximate surface area is 155 Å². The summed E-state index contributed by atoms with van der Waals surface area (Å²) in [5.41, 5.74) is -0.218. The predicted octanol–water partition coefficient (Wildman–Crippen LogP) is 0.758. The monoisotopic (exact) mass is 394 g/mol. The zero-order chi connectivity index (χ0) is 19.8. The molecule has 1 aromatic heterocycles. The number of likely N-dealkylation sites (N-methyl/N-ethyl adjacent to an activating group) is 1. The number of hydrogen-bond donors (Lipinski definition) is 0. The molecule has 1 amide bonds. The van der Waals surface area contributed by atoms with Crippen molar-refractivity contribution < 1.29 is 17.6 Å². The summed E-state index contributed by atoms with van der Waals surface area (Å²) in [4.78, 5) is 29.4. The number of hydrogen-bond acceptors (Lipinski definition) is 5. The van der Waals surface area contributed by atoms with Crippen LogP contribution in [0.25, 0.3) is 5.69 Å². The molecule has 1 unspecified atom stereocenters. The third kappa shape index (κ3) is 3.76. The molecular formula is C17H19FN4O4S. The van der Waals surface area contributed by atoms with E-state index in [1.165, 1.54) is 41.0 Å². The first kappa shape index (κ1) is 19.2. The number of anilines is 1. The van der Waals surface area contributed by atoms with E-state index in [-0.39, 0.29) is 17.9 Å². The number of amides is 1. The SMILES string of the molecule is CN(C1CCCN(c2ccc(-n3cccnc3=O)cc2F)C1=O)S(C)(=O)=O. The van der Waals surface area contributed by atoms with Crippen molar-refractivity contribution in [3.05, 3.63) is 53.0 Å². The molecule has 3 rings (SSSR count). The number of benzene rings is 1. The molecule has 1 saturated heterocycles. The molecular weight excluding hydrogens is 375 g/mol. The van der Waals surface area contributed by atoms with Crippen LogP contribution < -0.4 is 10.6 Å². The molecule has 0 saturated carbocycles. The smallest absolute Gasteiger partial charge is 0.308 e. The number of sulfonamides is 1. The van der Waals surface area contributed by atoms with Crippen LogP contribution in [0.2, 0.25) is 0 Å². The Morgan fingerprint density at radius 2 is 2.04 bits per heavy atom. The highest BCUT2D eigenvalue weighted by molar-refractivity contribution is 7.88. The zero-order valence-corrected chi connectivity index (χ0v) is 15.7. The van der Waals surface area contributed by atoms with Gasteiger partial charge in [0.2, 0.25) is 15.9 Å². The van der Waals surface area contributed by atoms with Crippen LogP contribution in [0.1, 0.15) is 12.8 Å². The second-order valence-electron chi connectivity index (χ2n) is 6.34. The Kier molecular flexibility index (Phi) is 5.11. The molecule has 27 heavy (non-hydrogen) atoms. The minimum absolute atomic E-state index is 0.0484. The molecule has 0 radical (unpaired) electrons. The van der Waals surface area contributed by atoms with Crippen LogP contribution >= 0.6 is 0 Å². The molecule has 1 aliphatic rings. The highest BCUT2D eigenvalue weighted by Gasteiger charge is 2.36. The first-order chi connectivity index (χ1) is 12.7. The second-order valence-corrected chi connectivity index (χ2v) is 8.38. The van der Waals surface area contributed by atoms with Gasteiger partial charge in [0, 0.05) is 32.1 Å². The number of carbonyl (C=O) groups is 1. The molecule has 1 aliphatic heterocycles. The molecule has 2 aromatic rings. The van der Waals surface area contributed by atoms with Crippen molar-refractivity contribution in [3.8, 4) is 5.69 Å². The number of halogens is 1. The Morgan fingerprint density at radius 3 is 2.67 bits per heavy atom. The molecule has 0 N–H and O–H groups in total. The summed E-state index contributed by atoms with van der Waals surface area (Å²) in [6.07, 6.45) is 4.75. The van der Waals surface area contributed by atoms with Gasteiger partial charge in [-0.15, -0.1) is 0 Å². The quantitative estimate of drug-likeness (QED) is 0.763. The Hall–Kier alpha value is -2.59. The molecule has 8 nitrogen and oxygen atoms in total. The molecule has 1 aromatic carbocycles. The van der Waals surface area contributed by atoms with Gasteiger partial charge in [0.15, 0.2) is 0 Å². The van der Waals surface area contributed by atoms with E-state index in [9.17, 15) is 22.4 Å². The van der Waals surface area contributed by atoms with Crippen LogP contribution in [0.3, 0.4) is 0 Å². The third-order valence-electron chi connectivity index (χ3n) is 4.58. The lowest BCUT2D eigenvalue weighted by Crippen LogP contribution is -2.53. The summed E-state index contributed by atoms with van der Waals surface area (Å²) in [6, 6.07) is 4.75. The number of carbonyl (C=O) groups excluding carboxylic acids is 1. The van der Waals surface area contributed by atoms with Gasteiger partial charge in [-0.2, -0.15) is 4.31 Å². The Balaban J connectivity index is 1.93. The third-order valence-corrected chi connectivity index (χ3v) is 5.89. The highest BCUT2D eigenvalue weighted by Crippen LogP contribution is 2.27. The maximum absolute atomic E-state index is 14.7. The summed E-state index contributed by atoms with van der Waals surface area (Å²) >= 11 is 0. The molecule has 1 fully saturated rings. The van der Waals surface area contributed by atoms with E-state index in [0.29, 0.717) is 12.8 Å². The van der Waals surface area contributed by atoms with Gasteiger partial charge in [-0.1, -0.05) is 0 Å². The van der Waals surface area contributed by atoms with Gasteiger partial charge in [0.1, 0.15) is 11.9 Å². The van der Waals surface area contributed by atoms with Crippen LogP contribution in [-0.4, -0.2) is 54.1 Å². The number of piperidine rings is 1. The summed E-state index contributed by atoms with van der Waals surface area (Å²) in [7, 11) is -2.21. The average molecular weight is 394 g/mol. The molecule has 0 bridgehead atoms. The minimum Gasteiger partial charge on any atom is -0.308 e. The lowest BCUT2D eigenvalue weighted by molar-refractivity contribution is -0.123. The molecule has 2 heterocycles. The molecule has 144 valence electrons. The van der Waals surface area contributed by atoms with E-state index in [1.54, 1.807) is 6.07 Å². The van der Waals surface area contributed by atoms with Gasteiger partial charge in [-0.05, 0) is 31.0 Å². The Morgan fingerprint density at radius 1 is 1.30 bits per heavy atom. The molecule has 0 spiro atoms. The molecule has 10 heteroatoms. The molecule has 1 atom stereocenters. The van der Waals surface area contributed by atoms with Gasteiger partial charge < -0.3 is 4.90 Å². The van der Waals surface area contributed by atoms with E-state index in [4.69, 9.17) is 0 Å². The van der Waals surface area contributed by atoms with Gasteiger partial charge >= 0.3 is 5.69 Å². The first-order valence-corrected chi connectivity index (χ1v) is 10.1. The van der Waals surface area contributed by atoms with Crippen molar-refractivity contribution in [2.45, 2.75) is 18.9 Å². The highest BCUT2D eigenvalue weighted by atomic mass is 32.2. The largest absolute Gasteiger partial charge is 0.352 e. The van der Waals surface area contributed by atoms with Gasteiger partial charge in [0.25, 0.3) is 0 Å². The van der Waals surface area contributed by atoms with Crippen molar-refractivity contribution in [2.75, 3.05) is 24.7 Å². The van der Waals surface area contributed by atoms with E-state index in [2.05, 4.69) is 4.98 Å². The fraction of sp³-hybridized carbons (Fsp3) is 0.353. The zero-order valence-electron chi connectivity index (χ0n) is 14.9. The maximum Gasteiger partial charge on any atom is 0.352 e. The van der Waals surface area contributed by atoms with E-state index < -0.39 is 33.5 Å². The fourth-order valence-corrected chi connectivity index (χ4v) is 3.74. The first-order valence-electron chi connectivity index (χ1n) is 8.28. The normalized spacial score (nSPS) is 18.1. The van der Waals surface area contributed by atoms with Crippen LogP contribution in [0.15, 0.2) is 41.5 Å². The van der Waals surface area contributed by atoms with Gasteiger partial charge in [0.05, 0.1) is 17.6 Å². The standard InChI is InChI=1S/C17H19FN4O4S/c1-20(27(2,25)26)15-5-3-9-22(16(15)23)14-7-6-12(11-13(14)18)21-10-4-8-19-17(21)24/h4,6-8,10-11,15H,3,5,9H2,1-2H3. The second kappa shape index (κ2) is 7.20. The fourth-order valence-electron chi connectivity index (χ4n) is 3.08. The summed E-state index contributed by atoms with van der Waals surface area (Å²) in [5, 5.41) is 0. The van der Waals surface area contributed by atoms with Crippen molar-refractivity contribution in [2.24, 2.45) is 0 Å². The van der Waals surface area contributed by atoms with Crippen molar-refractivity contribution >= 4 is 21.6 Å². The lowest BCUT2D eigenvalue weighted by atomic mass is 10.0. The van der Waals surface area contributed by atoms with Crippen LogP contribution in [0.4, 0.5) is 10.1 Å². The van der Waals surface area contributed by atoms with Crippen molar-refractivity contribution in [3.63, 3.8) is 0 Å². The van der Waals surface area contributed by atoms with Crippen LogP contribution in [0.5, 0.6) is 0 Å².